The molecule has 4 N–H and O–H groups in total. The maximum Gasteiger partial charge on any atom is 0.306 e. The molecule has 35 heavy (non-hydrogen) atoms. The van der Waals surface area contributed by atoms with Crippen molar-refractivity contribution >= 4 is 29.1 Å². The van der Waals surface area contributed by atoms with E-state index in [1.165, 1.54) is 0 Å². The van der Waals surface area contributed by atoms with Gasteiger partial charge in [0.25, 0.3) is 0 Å². The summed E-state index contributed by atoms with van der Waals surface area (Å²) in [5, 5.41) is 10.7. The van der Waals surface area contributed by atoms with E-state index in [-0.39, 0.29) is 36.6 Å². The highest BCUT2D eigenvalue weighted by Gasteiger charge is 2.31. The zero-order valence-corrected chi connectivity index (χ0v) is 20.7. The van der Waals surface area contributed by atoms with Gasteiger partial charge < -0.3 is 20.7 Å². The van der Waals surface area contributed by atoms with Crippen LogP contribution in [0, 0.1) is 31.1 Å². The monoisotopic (exact) mass is 474 g/mol. The summed E-state index contributed by atoms with van der Waals surface area (Å²) in [5.41, 5.74) is 10.9. The van der Waals surface area contributed by atoms with E-state index in [4.69, 9.17) is 15.9 Å². The van der Waals surface area contributed by atoms with Crippen LogP contribution in [-0.2, 0) is 14.3 Å². The van der Waals surface area contributed by atoms with Crippen LogP contribution in [0.1, 0.15) is 61.3 Å². The smallest absolute Gasteiger partial charge is 0.306 e. The summed E-state index contributed by atoms with van der Waals surface area (Å²) in [5.74, 6) is 6.06. The number of nitrogens with zero attached hydrogens (tertiary/aromatic N) is 1. The number of nitrogens with two attached hydrogens (primary N) is 1. The minimum atomic E-state index is -0.337. The normalized spacial score (nSPS) is 12.7. The van der Waals surface area contributed by atoms with E-state index in [0.717, 1.165) is 47.3 Å². The van der Waals surface area contributed by atoms with Crippen LogP contribution in [-0.4, -0.2) is 36.9 Å². The van der Waals surface area contributed by atoms with Crippen LogP contribution in [0.4, 0.5) is 11.4 Å². The molecular formula is C28H34N4O3. The molecule has 1 amide bonds. The summed E-state index contributed by atoms with van der Waals surface area (Å²) in [4.78, 5) is 26.7. The van der Waals surface area contributed by atoms with Crippen LogP contribution in [0.25, 0.3) is 0 Å². The van der Waals surface area contributed by atoms with Gasteiger partial charge in [0.05, 0.1) is 19.6 Å². The van der Waals surface area contributed by atoms with Gasteiger partial charge in [-0.3, -0.25) is 15.0 Å². The third kappa shape index (κ3) is 6.86. The largest absolute Gasteiger partial charge is 0.466 e. The molecule has 0 atom stereocenters. The molecule has 0 aromatic heterocycles. The van der Waals surface area contributed by atoms with Crippen molar-refractivity contribution in [1.82, 2.24) is 0 Å². The summed E-state index contributed by atoms with van der Waals surface area (Å²) < 4.78 is 4.98. The molecule has 1 aliphatic carbocycles. The lowest BCUT2D eigenvalue weighted by molar-refractivity contribution is -0.144. The van der Waals surface area contributed by atoms with Gasteiger partial charge in [-0.2, -0.15) is 0 Å². The molecule has 0 heterocycles. The van der Waals surface area contributed by atoms with Gasteiger partial charge in [-0.05, 0) is 87.6 Å². The molecule has 2 aromatic rings. The van der Waals surface area contributed by atoms with Crippen LogP contribution in [0.3, 0.4) is 0 Å². The summed E-state index contributed by atoms with van der Waals surface area (Å²) in [6, 6.07) is 11.6. The van der Waals surface area contributed by atoms with Gasteiger partial charge in [-0.15, -0.1) is 0 Å². The second kappa shape index (κ2) is 12.1. The van der Waals surface area contributed by atoms with Crippen molar-refractivity contribution < 1.29 is 14.3 Å². The van der Waals surface area contributed by atoms with Gasteiger partial charge >= 0.3 is 5.97 Å². The first-order chi connectivity index (χ1) is 16.8. The molecule has 0 radical (unpaired) electrons. The Morgan fingerprint density at radius 2 is 1.86 bits per heavy atom. The lowest BCUT2D eigenvalue weighted by atomic mass is 9.89. The van der Waals surface area contributed by atoms with Crippen molar-refractivity contribution in [2.45, 2.75) is 58.9 Å². The Hall–Kier alpha value is -3.79. The van der Waals surface area contributed by atoms with Crippen molar-refractivity contribution in [3.63, 3.8) is 0 Å². The van der Waals surface area contributed by atoms with Crippen LogP contribution in [0.2, 0.25) is 0 Å². The molecule has 0 saturated heterocycles. The maximum absolute atomic E-state index is 13.1. The molecule has 184 valence electrons. The molecule has 0 bridgehead atoms. The zero-order valence-electron chi connectivity index (χ0n) is 20.7. The zero-order chi connectivity index (χ0) is 25.4. The number of benzene rings is 2. The number of carbonyl (C=O) groups is 2. The van der Waals surface area contributed by atoms with Crippen LogP contribution in [0.15, 0.2) is 36.4 Å². The molecule has 0 unspecified atom stereocenters. The Morgan fingerprint density at radius 3 is 2.46 bits per heavy atom. The Labute approximate surface area is 207 Å². The predicted octanol–water partition coefficient (Wildman–Crippen LogP) is 4.28. The molecule has 1 fully saturated rings. The Bertz CT molecular complexity index is 1140. The van der Waals surface area contributed by atoms with Crippen molar-refractivity contribution in [2.75, 3.05) is 23.4 Å². The number of hydrogen-bond donors (Lipinski definition) is 3. The number of esters is 1. The summed E-state index contributed by atoms with van der Waals surface area (Å²) in [6.45, 7) is 6.56. The van der Waals surface area contributed by atoms with E-state index in [1.54, 1.807) is 19.1 Å². The van der Waals surface area contributed by atoms with Gasteiger partial charge in [0.15, 0.2) is 0 Å². The second-order valence-electron chi connectivity index (χ2n) is 8.75. The molecular weight excluding hydrogens is 440 g/mol. The van der Waals surface area contributed by atoms with Gasteiger partial charge in [-0.25, -0.2) is 0 Å². The second-order valence-corrected chi connectivity index (χ2v) is 8.75. The maximum atomic E-state index is 13.1. The number of nitrogens with one attached hydrogen (secondary N) is 2. The van der Waals surface area contributed by atoms with Crippen molar-refractivity contribution in [2.24, 2.45) is 5.73 Å². The lowest BCUT2D eigenvalue weighted by Crippen LogP contribution is -2.45. The molecule has 2 aromatic carbocycles. The van der Waals surface area contributed by atoms with E-state index in [0.29, 0.717) is 18.7 Å². The summed E-state index contributed by atoms with van der Waals surface area (Å²) in [6.07, 6.45) is 3.31. The van der Waals surface area contributed by atoms with E-state index < -0.39 is 0 Å². The Balaban J connectivity index is 1.70. The number of carbonyl (C=O) groups excluding carboxylic acids is 2. The molecule has 3 rings (SSSR count). The first-order valence-corrected chi connectivity index (χ1v) is 12.1. The van der Waals surface area contributed by atoms with Crippen LogP contribution >= 0.6 is 0 Å². The average molecular weight is 475 g/mol. The van der Waals surface area contributed by atoms with Gasteiger partial charge in [0.2, 0.25) is 5.91 Å². The molecule has 1 aliphatic rings. The fraction of sp³-hybridized carbons (Fsp3) is 0.393. The number of amidine groups is 1. The number of rotatable bonds is 9. The van der Waals surface area contributed by atoms with Crippen molar-refractivity contribution in [3.05, 3.63) is 58.7 Å². The Morgan fingerprint density at radius 1 is 1.14 bits per heavy atom. The number of amides is 1. The van der Waals surface area contributed by atoms with Crippen molar-refractivity contribution in [1.29, 1.82) is 5.41 Å². The number of hydrogen-bond acceptors (Lipinski definition) is 5. The molecule has 0 spiro atoms. The first kappa shape index (κ1) is 25.8. The van der Waals surface area contributed by atoms with Crippen LogP contribution < -0.4 is 16.0 Å². The van der Waals surface area contributed by atoms with Gasteiger partial charge in [0, 0.05) is 35.0 Å². The van der Waals surface area contributed by atoms with Crippen molar-refractivity contribution in [3.8, 4) is 11.8 Å². The SMILES string of the molecule is CCOC(=O)CCC(=O)N(c1cc(C)c(C#CCNc2ccc(C(=N)N)cc2)cc1C)C1CCC1. The average Bonchev–Trinajstić information content (AvgIpc) is 2.80. The minimum absolute atomic E-state index is 0.0379. The predicted molar refractivity (Wildman–Crippen MR) is 140 cm³/mol. The van der Waals surface area contributed by atoms with Crippen LogP contribution in [0.5, 0.6) is 0 Å². The minimum Gasteiger partial charge on any atom is -0.466 e. The number of aryl methyl sites for hydroxylation is 2. The lowest BCUT2D eigenvalue weighted by Gasteiger charge is -2.38. The quantitative estimate of drug-likeness (QED) is 0.218. The third-order valence-corrected chi connectivity index (χ3v) is 6.16. The number of anilines is 2. The summed E-state index contributed by atoms with van der Waals surface area (Å²) in [7, 11) is 0. The van der Waals surface area contributed by atoms with E-state index in [9.17, 15) is 9.59 Å². The molecule has 7 nitrogen and oxygen atoms in total. The Kier molecular flexibility index (Phi) is 8.91. The highest BCUT2D eigenvalue weighted by molar-refractivity contribution is 5.96. The molecule has 1 saturated carbocycles. The van der Waals surface area contributed by atoms with E-state index >= 15 is 0 Å². The number of ether oxygens (including phenoxy) is 1. The highest BCUT2D eigenvalue weighted by Crippen LogP contribution is 2.34. The fourth-order valence-corrected chi connectivity index (χ4v) is 3.99. The van der Waals surface area contributed by atoms with E-state index in [1.807, 2.05) is 43.0 Å². The summed E-state index contributed by atoms with van der Waals surface area (Å²) >= 11 is 0. The molecule has 0 aliphatic heterocycles. The van der Waals surface area contributed by atoms with E-state index in [2.05, 4.69) is 17.2 Å². The first-order valence-electron chi connectivity index (χ1n) is 12.1. The van der Waals surface area contributed by atoms with Gasteiger partial charge in [0.1, 0.15) is 5.84 Å². The standard InChI is InChI=1S/C28H34N4O3/c1-4-35-27(34)15-14-26(33)32(24-8-5-9-24)25-18-19(2)22(17-20(25)3)7-6-16-31-23-12-10-21(11-13-23)28(29)30/h10-13,17-18,24,31H,4-5,8-9,14-16H2,1-3H3,(H3,29,30). The fourth-order valence-electron chi connectivity index (χ4n) is 3.99. The third-order valence-electron chi connectivity index (χ3n) is 6.16. The van der Waals surface area contributed by atoms with Gasteiger partial charge in [-0.1, -0.05) is 11.8 Å². The highest BCUT2D eigenvalue weighted by atomic mass is 16.5. The molecule has 7 heteroatoms. The topological polar surface area (TPSA) is 109 Å². The number of nitrogen functional groups attached to an aromatic ring is 1.